The molecule has 144 valence electrons. The second-order valence-corrected chi connectivity index (χ2v) is 8.50. The fourth-order valence-electron chi connectivity index (χ4n) is 3.10. The summed E-state index contributed by atoms with van der Waals surface area (Å²) in [6.07, 6.45) is 3.85. The van der Waals surface area contributed by atoms with Crippen LogP contribution in [-0.2, 0) is 10.0 Å². The third-order valence-electron chi connectivity index (χ3n) is 4.75. The molecule has 0 atom stereocenters. The predicted octanol–water partition coefficient (Wildman–Crippen LogP) is 4.29. The first-order valence-corrected chi connectivity index (χ1v) is 10.4. The number of aryl methyl sites for hydroxylation is 2. The van der Waals surface area contributed by atoms with E-state index in [1.807, 2.05) is 61.0 Å². The zero-order valence-corrected chi connectivity index (χ0v) is 16.7. The second kappa shape index (κ2) is 7.08. The average molecular weight is 402 g/mol. The molecule has 0 aliphatic carbocycles. The van der Waals surface area contributed by atoms with E-state index >= 15 is 0 Å². The number of sulfonamides is 1. The number of pyridine rings is 1. The monoisotopic (exact) mass is 402 g/mol. The molecule has 0 saturated carbocycles. The predicted molar refractivity (Wildman–Crippen MR) is 112 cm³/mol. The van der Waals surface area contributed by atoms with Crippen molar-refractivity contribution in [2.24, 2.45) is 0 Å². The summed E-state index contributed by atoms with van der Waals surface area (Å²) in [5, 5.41) is 8.89. The van der Waals surface area contributed by atoms with Gasteiger partial charge >= 0.3 is 0 Å². The van der Waals surface area contributed by atoms with Crippen LogP contribution >= 0.6 is 0 Å². The average Bonchev–Trinajstić information content (AvgIpc) is 3.15. The first-order chi connectivity index (χ1) is 13.9. The standard InChI is InChI=1S/C22H18N4O2S/c1-15-5-8-18(21-14-26-11-3-4-16(2)22(26)24-21)12-20(15)25-29(27,28)19-9-6-17(13-23)7-10-19/h3-12,14,25H,1-2H3. The van der Waals surface area contributed by atoms with E-state index in [0.717, 1.165) is 28.0 Å². The van der Waals surface area contributed by atoms with Gasteiger partial charge in [0.2, 0.25) is 0 Å². The van der Waals surface area contributed by atoms with Crippen LogP contribution in [0.4, 0.5) is 5.69 Å². The van der Waals surface area contributed by atoms with Gasteiger partial charge in [0.05, 0.1) is 27.9 Å². The van der Waals surface area contributed by atoms with E-state index in [-0.39, 0.29) is 4.90 Å². The third-order valence-corrected chi connectivity index (χ3v) is 6.13. The topological polar surface area (TPSA) is 87.3 Å². The van der Waals surface area contributed by atoms with E-state index in [1.54, 1.807) is 6.07 Å². The van der Waals surface area contributed by atoms with Gasteiger partial charge in [-0.2, -0.15) is 5.26 Å². The molecule has 0 bridgehead atoms. The third kappa shape index (κ3) is 3.58. The molecule has 7 heteroatoms. The Balaban J connectivity index is 1.71. The maximum atomic E-state index is 12.8. The van der Waals surface area contributed by atoms with Crippen molar-refractivity contribution in [3.63, 3.8) is 0 Å². The van der Waals surface area contributed by atoms with E-state index in [0.29, 0.717) is 11.3 Å². The largest absolute Gasteiger partial charge is 0.306 e. The molecule has 2 aromatic heterocycles. The summed E-state index contributed by atoms with van der Waals surface area (Å²) in [7, 11) is -3.78. The van der Waals surface area contributed by atoms with Gasteiger partial charge in [-0.3, -0.25) is 4.72 Å². The van der Waals surface area contributed by atoms with Crippen molar-refractivity contribution in [3.8, 4) is 17.3 Å². The van der Waals surface area contributed by atoms with Crippen LogP contribution in [0.1, 0.15) is 16.7 Å². The minimum absolute atomic E-state index is 0.102. The van der Waals surface area contributed by atoms with Crippen molar-refractivity contribution in [2.45, 2.75) is 18.7 Å². The van der Waals surface area contributed by atoms with Crippen LogP contribution in [0.5, 0.6) is 0 Å². The molecule has 0 unspecified atom stereocenters. The summed E-state index contributed by atoms with van der Waals surface area (Å²) < 4.78 is 30.1. The maximum absolute atomic E-state index is 12.8. The number of fused-ring (bicyclic) bond motifs is 1. The molecule has 29 heavy (non-hydrogen) atoms. The number of hydrogen-bond acceptors (Lipinski definition) is 4. The fraction of sp³-hybridized carbons (Fsp3) is 0.0909. The zero-order chi connectivity index (χ0) is 20.6. The summed E-state index contributed by atoms with van der Waals surface area (Å²) >= 11 is 0. The molecular weight excluding hydrogens is 384 g/mol. The number of nitriles is 1. The molecule has 2 heterocycles. The Bertz CT molecular complexity index is 1360. The summed E-state index contributed by atoms with van der Waals surface area (Å²) in [5.74, 6) is 0. The van der Waals surface area contributed by atoms with Gasteiger partial charge in [-0.1, -0.05) is 18.2 Å². The van der Waals surface area contributed by atoms with Crippen molar-refractivity contribution in [1.82, 2.24) is 9.38 Å². The van der Waals surface area contributed by atoms with Crippen molar-refractivity contribution in [2.75, 3.05) is 4.72 Å². The first kappa shape index (κ1) is 18.7. The Morgan fingerprint density at radius 1 is 1.03 bits per heavy atom. The highest BCUT2D eigenvalue weighted by molar-refractivity contribution is 7.92. The minimum Gasteiger partial charge on any atom is -0.306 e. The number of nitrogens with zero attached hydrogens (tertiary/aromatic N) is 3. The van der Waals surface area contributed by atoms with Crippen LogP contribution in [0.2, 0.25) is 0 Å². The van der Waals surface area contributed by atoms with Crippen molar-refractivity contribution in [3.05, 3.63) is 83.7 Å². The number of rotatable bonds is 4. The molecule has 4 rings (SSSR count). The van der Waals surface area contributed by atoms with Crippen LogP contribution < -0.4 is 4.72 Å². The smallest absolute Gasteiger partial charge is 0.261 e. The summed E-state index contributed by atoms with van der Waals surface area (Å²) in [4.78, 5) is 4.78. The first-order valence-electron chi connectivity index (χ1n) is 8.96. The Kier molecular flexibility index (Phi) is 4.57. The van der Waals surface area contributed by atoms with Crippen LogP contribution in [0.25, 0.3) is 16.9 Å². The van der Waals surface area contributed by atoms with Crippen molar-refractivity contribution in [1.29, 1.82) is 5.26 Å². The highest BCUT2D eigenvalue weighted by Gasteiger charge is 2.16. The van der Waals surface area contributed by atoms with Crippen molar-refractivity contribution < 1.29 is 8.42 Å². The minimum atomic E-state index is -3.78. The number of anilines is 1. The molecule has 6 nitrogen and oxygen atoms in total. The van der Waals surface area contributed by atoms with Crippen LogP contribution in [0, 0.1) is 25.2 Å². The van der Waals surface area contributed by atoms with Crippen LogP contribution in [0.3, 0.4) is 0 Å². The SMILES string of the molecule is Cc1ccc(-c2cn3cccc(C)c3n2)cc1NS(=O)(=O)c1ccc(C#N)cc1. The Labute approximate surface area is 169 Å². The lowest BCUT2D eigenvalue weighted by atomic mass is 10.1. The fourth-order valence-corrected chi connectivity index (χ4v) is 4.22. The Hall–Kier alpha value is -3.63. The van der Waals surface area contributed by atoms with Gasteiger partial charge in [-0.15, -0.1) is 0 Å². The van der Waals surface area contributed by atoms with Gasteiger partial charge in [0.1, 0.15) is 5.65 Å². The summed E-state index contributed by atoms with van der Waals surface area (Å²) in [6, 6.07) is 17.3. The molecule has 0 spiro atoms. The van der Waals surface area contributed by atoms with Gasteiger partial charge in [-0.05, 0) is 61.4 Å². The van der Waals surface area contributed by atoms with Crippen LogP contribution in [-0.4, -0.2) is 17.8 Å². The number of imidazole rings is 1. The van der Waals surface area contributed by atoms with E-state index in [9.17, 15) is 8.42 Å². The molecule has 0 saturated heterocycles. The van der Waals surface area contributed by atoms with Gasteiger partial charge in [0, 0.05) is 18.0 Å². The molecule has 1 N–H and O–H groups in total. The lowest BCUT2D eigenvalue weighted by Gasteiger charge is -2.12. The van der Waals surface area contributed by atoms with Gasteiger partial charge in [0.25, 0.3) is 10.0 Å². The summed E-state index contributed by atoms with van der Waals surface area (Å²) in [5.41, 5.74) is 5.19. The molecule has 0 radical (unpaired) electrons. The highest BCUT2D eigenvalue weighted by Crippen LogP contribution is 2.27. The van der Waals surface area contributed by atoms with Crippen LogP contribution in [0.15, 0.2) is 71.9 Å². The highest BCUT2D eigenvalue weighted by atomic mass is 32.2. The van der Waals surface area contributed by atoms with E-state index in [2.05, 4.69) is 9.71 Å². The maximum Gasteiger partial charge on any atom is 0.261 e. The Morgan fingerprint density at radius 3 is 2.48 bits per heavy atom. The van der Waals surface area contributed by atoms with E-state index in [1.165, 1.54) is 24.3 Å². The van der Waals surface area contributed by atoms with Gasteiger partial charge in [-0.25, -0.2) is 13.4 Å². The molecule has 0 aliphatic rings. The van der Waals surface area contributed by atoms with E-state index < -0.39 is 10.0 Å². The zero-order valence-electron chi connectivity index (χ0n) is 15.9. The molecule has 0 aliphatic heterocycles. The second-order valence-electron chi connectivity index (χ2n) is 6.82. The molecule has 2 aromatic carbocycles. The summed E-state index contributed by atoms with van der Waals surface area (Å²) in [6.45, 7) is 3.84. The number of nitrogens with one attached hydrogen (secondary N) is 1. The number of hydrogen-bond donors (Lipinski definition) is 1. The van der Waals surface area contributed by atoms with Gasteiger partial charge < -0.3 is 4.40 Å². The molecule has 0 fully saturated rings. The lowest BCUT2D eigenvalue weighted by molar-refractivity contribution is 0.601. The Morgan fingerprint density at radius 2 is 1.79 bits per heavy atom. The number of benzene rings is 2. The lowest BCUT2D eigenvalue weighted by Crippen LogP contribution is -2.13. The normalized spacial score (nSPS) is 11.3. The van der Waals surface area contributed by atoms with E-state index in [4.69, 9.17) is 5.26 Å². The van der Waals surface area contributed by atoms with Gasteiger partial charge in [0.15, 0.2) is 0 Å². The molecular formula is C22H18N4O2S. The number of aromatic nitrogens is 2. The quantitative estimate of drug-likeness (QED) is 0.552. The van der Waals surface area contributed by atoms with Crippen molar-refractivity contribution >= 4 is 21.4 Å². The molecule has 0 amide bonds. The molecule has 4 aromatic rings.